The zero-order valence-corrected chi connectivity index (χ0v) is 8.07. The van der Waals surface area contributed by atoms with Gasteiger partial charge in [0.1, 0.15) is 0 Å². The van der Waals surface area contributed by atoms with E-state index in [1.54, 1.807) is 0 Å². The Bertz CT molecular complexity index is 208. The Kier molecular flexibility index (Phi) is 2.77. The average molecular weight is 188 g/mol. The highest BCUT2D eigenvalue weighted by Crippen LogP contribution is 2.51. The van der Waals surface area contributed by atoms with Gasteiger partial charge in [0, 0.05) is 11.7 Å². The minimum atomic E-state index is -0.221. The zero-order valence-electron chi connectivity index (χ0n) is 7.25. The third kappa shape index (κ3) is 2.52. The molecule has 3 nitrogen and oxygen atoms in total. The molecule has 0 radical (unpaired) electrons. The van der Waals surface area contributed by atoms with Crippen LogP contribution in [0.1, 0.15) is 26.2 Å². The molecule has 1 rings (SSSR count). The Morgan fingerprint density at radius 3 is 2.42 bits per heavy atom. The normalized spacial score (nSPS) is 18.5. The van der Waals surface area contributed by atoms with Crippen LogP contribution in [0, 0.1) is 0 Å². The smallest absolute Gasteiger partial charge is 0.306 e. The highest BCUT2D eigenvalue weighted by atomic mass is 32.2. The number of rotatable bonds is 3. The van der Waals surface area contributed by atoms with Crippen LogP contribution in [0.2, 0.25) is 0 Å². The number of thioether (sulfide) groups is 1. The predicted octanol–water partition coefficient (Wildman–Crippen LogP) is 1.36. The molecule has 1 aliphatic carbocycles. The average Bonchev–Trinajstić information content (AvgIpc) is 2.67. The maximum atomic E-state index is 10.9. The first-order chi connectivity index (χ1) is 5.58. The lowest BCUT2D eigenvalue weighted by atomic mass is 10.3. The van der Waals surface area contributed by atoms with Gasteiger partial charge in [-0.05, 0) is 12.8 Å². The van der Waals surface area contributed by atoms with Crippen LogP contribution in [0.3, 0.4) is 0 Å². The first kappa shape index (κ1) is 9.58. The van der Waals surface area contributed by atoms with Crippen molar-refractivity contribution in [2.24, 2.45) is 0 Å². The standard InChI is InChI=1S/C8H12O3S/c1-6(9)12-8(3-4-8)5-7(10)11-2/h3-5H2,1-2H3. The van der Waals surface area contributed by atoms with Crippen LogP contribution in [0.4, 0.5) is 0 Å². The van der Waals surface area contributed by atoms with Crippen LogP contribution in [0.25, 0.3) is 0 Å². The molecule has 0 bridgehead atoms. The van der Waals surface area contributed by atoms with Gasteiger partial charge < -0.3 is 4.74 Å². The highest BCUT2D eigenvalue weighted by Gasteiger charge is 2.46. The molecule has 0 saturated heterocycles. The van der Waals surface area contributed by atoms with Gasteiger partial charge in [0.05, 0.1) is 13.5 Å². The summed E-state index contributed by atoms with van der Waals surface area (Å²) in [5, 5.41) is 0.0800. The quantitative estimate of drug-likeness (QED) is 0.627. The van der Waals surface area contributed by atoms with Crippen molar-refractivity contribution < 1.29 is 14.3 Å². The number of hydrogen-bond donors (Lipinski definition) is 0. The van der Waals surface area contributed by atoms with Gasteiger partial charge in [0.15, 0.2) is 5.12 Å². The topological polar surface area (TPSA) is 43.4 Å². The monoisotopic (exact) mass is 188 g/mol. The highest BCUT2D eigenvalue weighted by molar-refractivity contribution is 8.15. The van der Waals surface area contributed by atoms with Crippen LogP contribution in [0.15, 0.2) is 0 Å². The largest absolute Gasteiger partial charge is 0.469 e. The van der Waals surface area contributed by atoms with Gasteiger partial charge in [-0.1, -0.05) is 11.8 Å². The molecule has 12 heavy (non-hydrogen) atoms. The summed E-state index contributed by atoms with van der Waals surface area (Å²) in [4.78, 5) is 21.7. The number of carbonyl (C=O) groups is 2. The fraction of sp³-hybridized carbons (Fsp3) is 0.750. The second kappa shape index (κ2) is 3.47. The molecular formula is C8H12O3S. The van der Waals surface area contributed by atoms with Crippen LogP contribution in [-0.4, -0.2) is 22.9 Å². The van der Waals surface area contributed by atoms with Gasteiger partial charge in [0.25, 0.3) is 0 Å². The van der Waals surface area contributed by atoms with E-state index in [4.69, 9.17) is 0 Å². The van der Waals surface area contributed by atoms with E-state index in [0.717, 1.165) is 12.8 Å². The van der Waals surface area contributed by atoms with E-state index in [1.165, 1.54) is 25.8 Å². The molecule has 0 amide bonds. The molecule has 68 valence electrons. The van der Waals surface area contributed by atoms with Crippen molar-refractivity contribution in [3.63, 3.8) is 0 Å². The van der Waals surface area contributed by atoms with E-state index in [0.29, 0.717) is 6.42 Å². The molecule has 0 N–H and O–H groups in total. The summed E-state index contributed by atoms with van der Waals surface area (Å²) >= 11 is 1.27. The van der Waals surface area contributed by atoms with Gasteiger partial charge in [0.2, 0.25) is 0 Å². The fourth-order valence-corrected chi connectivity index (χ4v) is 2.20. The molecule has 1 aliphatic rings. The van der Waals surface area contributed by atoms with Gasteiger partial charge in [-0.3, -0.25) is 9.59 Å². The van der Waals surface area contributed by atoms with Crippen LogP contribution < -0.4 is 0 Å². The Morgan fingerprint density at radius 1 is 1.50 bits per heavy atom. The lowest BCUT2D eigenvalue weighted by Gasteiger charge is -2.09. The van der Waals surface area contributed by atoms with Crippen molar-refractivity contribution in [3.05, 3.63) is 0 Å². The summed E-state index contributed by atoms with van der Waals surface area (Å²) in [5.41, 5.74) is 0. The van der Waals surface area contributed by atoms with Gasteiger partial charge in [-0.15, -0.1) is 0 Å². The van der Waals surface area contributed by atoms with Gasteiger partial charge in [-0.2, -0.15) is 0 Å². The molecular weight excluding hydrogens is 176 g/mol. The third-order valence-corrected chi connectivity index (χ3v) is 3.14. The van der Waals surface area contributed by atoms with Crippen molar-refractivity contribution in [1.29, 1.82) is 0 Å². The Balaban J connectivity index is 2.39. The zero-order chi connectivity index (χ0) is 9.19. The number of esters is 1. The van der Waals surface area contributed by atoms with E-state index < -0.39 is 0 Å². The van der Waals surface area contributed by atoms with E-state index in [1.807, 2.05) is 0 Å². The number of ether oxygens (including phenoxy) is 1. The van der Waals surface area contributed by atoms with E-state index in [2.05, 4.69) is 4.74 Å². The summed E-state index contributed by atoms with van der Waals surface area (Å²) in [6.45, 7) is 1.53. The van der Waals surface area contributed by atoms with Crippen molar-refractivity contribution in [3.8, 4) is 0 Å². The maximum absolute atomic E-state index is 10.9. The minimum absolute atomic E-state index is 0.0800. The SMILES string of the molecule is COC(=O)CC1(SC(C)=O)CC1. The molecule has 0 atom stereocenters. The first-order valence-corrected chi connectivity index (χ1v) is 4.66. The lowest BCUT2D eigenvalue weighted by molar-refractivity contribution is -0.140. The Labute approximate surface area is 75.8 Å². The minimum Gasteiger partial charge on any atom is -0.469 e. The fourth-order valence-electron chi connectivity index (χ4n) is 1.09. The van der Waals surface area contributed by atoms with Gasteiger partial charge >= 0.3 is 5.97 Å². The van der Waals surface area contributed by atoms with Crippen LogP contribution in [0.5, 0.6) is 0 Å². The van der Waals surface area contributed by atoms with Crippen molar-refractivity contribution >= 4 is 22.8 Å². The molecule has 0 aliphatic heterocycles. The third-order valence-electron chi connectivity index (χ3n) is 1.86. The molecule has 1 fully saturated rings. The summed E-state index contributed by atoms with van der Waals surface area (Å²) in [6, 6.07) is 0. The molecule has 0 aromatic carbocycles. The molecule has 0 aromatic rings. The lowest BCUT2D eigenvalue weighted by Crippen LogP contribution is -2.14. The van der Waals surface area contributed by atoms with E-state index >= 15 is 0 Å². The van der Waals surface area contributed by atoms with Crippen LogP contribution in [-0.2, 0) is 14.3 Å². The first-order valence-electron chi connectivity index (χ1n) is 3.84. The number of methoxy groups -OCH3 is 1. The van der Waals surface area contributed by atoms with Crippen molar-refractivity contribution in [2.45, 2.75) is 30.9 Å². The van der Waals surface area contributed by atoms with Gasteiger partial charge in [-0.25, -0.2) is 0 Å². The van der Waals surface area contributed by atoms with E-state index in [-0.39, 0.29) is 15.8 Å². The molecule has 0 aromatic heterocycles. The molecule has 4 heteroatoms. The number of hydrogen-bond acceptors (Lipinski definition) is 4. The Hall–Kier alpha value is -0.510. The second-order valence-electron chi connectivity index (χ2n) is 3.03. The molecule has 0 unspecified atom stereocenters. The molecule has 0 heterocycles. The van der Waals surface area contributed by atoms with Crippen molar-refractivity contribution in [2.75, 3.05) is 7.11 Å². The summed E-state index contributed by atoms with van der Waals surface area (Å²) in [5.74, 6) is -0.221. The summed E-state index contributed by atoms with van der Waals surface area (Å²) < 4.78 is 4.43. The summed E-state index contributed by atoms with van der Waals surface area (Å²) in [6.07, 6.45) is 2.27. The van der Waals surface area contributed by atoms with Crippen molar-refractivity contribution in [1.82, 2.24) is 0 Å². The maximum Gasteiger partial charge on any atom is 0.306 e. The Morgan fingerprint density at radius 2 is 2.08 bits per heavy atom. The summed E-state index contributed by atoms with van der Waals surface area (Å²) in [7, 11) is 1.37. The van der Waals surface area contributed by atoms with Crippen LogP contribution >= 0.6 is 11.8 Å². The van der Waals surface area contributed by atoms with E-state index in [9.17, 15) is 9.59 Å². The second-order valence-corrected chi connectivity index (χ2v) is 4.67. The molecule has 1 saturated carbocycles. The molecule has 0 spiro atoms. The number of carbonyl (C=O) groups excluding carboxylic acids is 2. The predicted molar refractivity (Wildman–Crippen MR) is 46.9 cm³/mol.